The molecule has 0 aromatic rings. The Morgan fingerprint density at radius 3 is 2.38 bits per heavy atom. The molecule has 1 aliphatic rings. The van der Waals surface area contributed by atoms with E-state index in [2.05, 4.69) is 26.1 Å². The van der Waals surface area contributed by atoms with Crippen LogP contribution in [0.5, 0.6) is 0 Å². The van der Waals surface area contributed by atoms with Gasteiger partial charge in [-0.2, -0.15) is 0 Å². The summed E-state index contributed by atoms with van der Waals surface area (Å²) in [5.74, 6) is 0.309. The molecule has 1 saturated heterocycles. The van der Waals surface area contributed by atoms with Crippen molar-refractivity contribution >= 4 is 5.91 Å². The molecule has 13 heavy (non-hydrogen) atoms. The predicted molar refractivity (Wildman–Crippen MR) is 53.5 cm³/mol. The maximum absolute atomic E-state index is 11.7. The SMILES string of the molecule is CCCC(=O)N1C(C)CNCC1C. The topological polar surface area (TPSA) is 32.3 Å². The van der Waals surface area contributed by atoms with Crippen molar-refractivity contribution in [2.45, 2.75) is 45.7 Å². The van der Waals surface area contributed by atoms with Crippen LogP contribution in [-0.4, -0.2) is 36.0 Å². The maximum atomic E-state index is 11.7. The number of carbonyl (C=O) groups is 1. The molecule has 0 aromatic carbocycles. The van der Waals surface area contributed by atoms with Crippen LogP contribution >= 0.6 is 0 Å². The highest BCUT2D eigenvalue weighted by atomic mass is 16.2. The Kier molecular flexibility index (Phi) is 3.72. The third-order valence-electron chi connectivity index (χ3n) is 2.58. The van der Waals surface area contributed by atoms with E-state index >= 15 is 0 Å². The summed E-state index contributed by atoms with van der Waals surface area (Å²) < 4.78 is 0. The first-order valence-electron chi connectivity index (χ1n) is 5.18. The van der Waals surface area contributed by atoms with Crippen molar-refractivity contribution < 1.29 is 4.79 Å². The van der Waals surface area contributed by atoms with Gasteiger partial charge in [-0.15, -0.1) is 0 Å². The zero-order valence-corrected chi connectivity index (χ0v) is 8.84. The Bertz CT molecular complexity index is 172. The molecule has 2 unspecified atom stereocenters. The lowest BCUT2D eigenvalue weighted by Gasteiger charge is -2.39. The summed E-state index contributed by atoms with van der Waals surface area (Å²) in [6, 6.07) is 0.700. The first-order chi connectivity index (χ1) is 6.16. The number of nitrogens with zero attached hydrogens (tertiary/aromatic N) is 1. The van der Waals surface area contributed by atoms with Crippen LogP contribution in [0.2, 0.25) is 0 Å². The van der Waals surface area contributed by atoms with Crippen LogP contribution in [0.15, 0.2) is 0 Å². The van der Waals surface area contributed by atoms with Gasteiger partial charge in [0.2, 0.25) is 5.91 Å². The quantitative estimate of drug-likeness (QED) is 0.694. The molecule has 3 heteroatoms. The molecule has 1 heterocycles. The van der Waals surface area contributed by atoms with Gasteiger partial charge in [-0.3, -0.25) is 4.79 Å². The lowest BCUT2D eigenvalue weighted by atomic mass is 10.1. The second-order valence-electron chi connectivity index (χ2n) is 3.91. The summed E-state index contributed by atoms with van der Waals surface area (Å²) in [6.07, 6.45) is 1.64. The van der Waals surface area contributed by atoms with Crippen molar-refractivity contribution in [1.82, 2.24) is 10.2 Å². The molecule has 0 aromatic heterocycles. The van der Waals surface area contributed by atoms with Crippen molar-refractivity contribution in [1.29, 1.82) is 0 Å². The van der Waals surface area contributed by atoms with E-state index in [1.165, 1.54) is 0 Å². The van der Waals surface area contributed by atoms with E-state index in [0.717, 1.165) is 19.5 Å². The minimum Gasteiger partial charge on any atom is -0.335 e. The molecule has 1 rings (SSSR count). The zero-order chi connectivity index (χ0) is 9.84. The maximum Gasteiger partial charge on any atom is 0.223 e. The minimum atomic E-state index is 0.309. The number of amides is 1. The lowest BCUT2D eigenvalue weighted by molar-refractivity contribution is -0.136. The number of piperazine rings is 1. The Labute approximate surface area is 80.5 Å². The molecule has 0 aliphatic carbocycles. The number of hydrogen-bond donors (Lipinski definition) is 1. The largest absolute Gasteiger partial charge is 0.335 e. The van der Waals surface area contributed by atoms with Gasteiger partial charge in [0, 0.05) is 31.6 Å². The molecular formula is C10H20N2O. The van der Waals surface area contributed by atoms with Gasteiger partial charge in [-0.1, -0.05) is 6.92 Å². The van der Waals surface area contributed by atoms with Gasteiger partial charge in [-0.25, -0.2) is 0 Å². The van der Waals surface area contributed by atoms with Crippen LogP contribution in [0.3, 0.4) is 0 Å². The van der Waals surface area contributed by atoms with E-state index in [1.807, 2.05) is 4.90 Å². The van der Waals surface area contributed by atoms with E-state index in [4.69, 9.17) is 0 Å². The van der Waals surface area contributed by atoms with Gasteiger partial charge in [0.15, 0.2) is 0 Å². The van der Waals surface area contributed by atoms with Crippen LogP contribution in [0.1, 0.15) is 33.6 Å². The number of rotatable bonds is 2. The molecule has 0 saturated carbocycles. The third kappa shape index (κ3) is 2.44. The Morgan fingerprint density at radius 1 is 1.38 bits per heavy atom. The van der Waals surface area contributed by atoms with Crippen molar-refractivity contribution in [3.8, 4) is 0 Å². The van der Waals surface area contributed by atoms with E-state index in [9.17, 15) is 4.79 Å². The summed E-state index contributed by atoms with van der Waals surface area (Å²) in [6.45, 7) is 8.13. The standard InChI is InChI=1S/C10H20N2O/c1-4-5-10(13)12-8(2)6-11-7-9(12)3/h8-9,11H,4-7H2,1-3H3. The van der Waals surface area contributed by atoms with Gasteiger partial charge in [0.25, 0.3) is 0 Å². The Balaban J connectivity index is 2.57. The zero-order valence-electron chi connectivity index (χ0n) is 8.84. The summed E-state index contributed by atoms with van der Waals surface area (Å²) in [7, 11) is 0. The van der Waals surface area contributed by atoms with Gasteiger partial charge in [0.1, 0.15) is 0 Å². The van der Waals surface area contributed by atoms with Gasteiger partial charge < -0.3 is 10.2 Å². The molecule has 1 fully saturated rings. The second kappa shape index (κ2) is 4.61. The highest BCUT2D eigenvalue weighted by Crippen LogP contribution is 2.11. The Hall–Kier alpha value is -0.570. The fourth-order valence-corrected chi connectivity index (χ4v) is 1.97. The van der Waals surface area contributed by atoms with Crippen molar-refractivity contribution in [2.24, 2.45) is 0 Å². The van der Waals surface area contributed by atoms with Gasteiger partial charge in [-0.05, 0) is 20.3 Å². The van der Waals surface area contributed by atoms with Crippen LogP contribution in [0.25, 0.3) is 0 Å². The molecule has 3 nitrogen and oxygen atoms in total. The van der Waals surface area contributed by atoms with Crippen LogP contribution in [-0.2, 0) is 4.79 Å². The summed E-state index contributed by atoms with van der Waals surface area (Å²) >= 11 is 0. The third-order valence-corrected chi connectivity index (χ3v) is 2.58. The predicted octanol–water partition coefficient (Wildman–Crippen LogP) is 0.995. The average molecular weight is 184 g/mol. The van der Waals surface area contributed by atoms with Crippen LogP contribution in [0, 0.1) is 0 Å². The summed E-state index contributed by atoms with van der Waals surface area (Å²) in [5, 5.41) is 3.32. The van der Waals surface area contributed by atoms with Crippen LogP contribution in [0.4, 0.5) is 0 Å². The molecule has 0 radical (unpaired) electrons. The normalized spacial score (nSPS) is 29.0. The summed E-state index contributed by atoms with van der Waals surface area (Å²) in [4.78, 5) is 13.7. The molecule has 1 amide bonds. The van der Waals surface area contributed by atoms with Gasteiger partial charge >= 0.3 is 0 Å². The molecule has 0 bridgehead atoms. The highest BCUT2D eigenvalue weighted by molar-refractivity contribution is 5.76. The fourth-order valence-electron chi connectivity index (χ4n) is 1.97. The molecule has 2 atom stereocenters. The van der Waals surface area contributed by atoms with Crippen LogP contribution < -0.4 is 5.32 Å². The monoisotopic (exact) mass is 184 g/mol. The van der Waals surface area contributed by atoms with Crippen molar-refractivity contribution in [3.05, 3.63) is 0 Å². The number of hydrogen-bond acceptors (Lipinski definition) is 2. The first-order valence-corrected chi connectivity index (χ1v) is 5.18. The summed E-state index contributed by atoms with van der Waals surface area (Å²) in [5.41, 5.74) is 0. The van der Waals surface area contributed by atoms with E-state index < -0.39 is 0 Å². The molecule has 1 N–H and O–H groups in total. The molecule has 1 aliphatic heterocycles. The smallest absolute Gasteiger partial charge is 0.223 e. The van der Waals surface area contributed by atoms with Crippen molar-refractivity contribution in [3.63, 3.8) is 0 Å². The number of nitrogens with one attached hydrogen (secondary N) is 1. The molecule has 0 spiro atoms. The Morgan fingerprint density at radius 2 is 1.92 bits per heavy atom. The average Bonchev–Trinajstić information content (AvgIpc) is 2.04. The van der Waals surface area contributed by atoms with Crippen molar-refractivity contribution in [2.75, 3.05) is 13.1 Å². The highest BCUT2D eigenvalue weighted by Gasteiger charge is 2.27. The second-order valence-corrected chi connectivity index (χ2v) is 3.91. The lowest BCUT2D eigenvalue weighted by Crippen LogP contribution is -2.57. The van der Waals surface area contributed by atoms with E-state index in [-0.39, 0.29) is 0 Å². The first kappa shape index (κ1) is 10.5. The van der Waals surface area contributed by atoms with E-state index in [0.29, 0.717) is 24.4 Å². The molecular weight excluding hydrogens is 164 g/mol. The van der Waals surface area contributed by atoms with Gasteiger partial charge in [0.05, 0.1) is 0 Å². The number of carbonyl (C=O) groups excluding carboxylic acids is 1. The minimum absolute atomic E-state index is 0.309. The van der Waals surface area contributed by atoms with E-state index in [1.54, 1.807) is 0 Å². The fraction of sp³-hybridized carbons (Fsp3) is 0.900. The molecule has 76 valence electrons.